The second kappa shape index (κ2) is 3.75. The number of hydrogen-bond donors (Lipinski definition) is 1. The molecule has 0 rings (SSSR count). The minimum absolute atomic E-state index is 0.320. The van der Waals surface area contributed by atoms with Gasteiger partial charge in [0.2, 0.25) is 0 Å². The monoisotopic (exact) mass is 156 g/mol. The van der Waals surface area contributed by atoms with Gasteiger partial charge in [0.25, 0.3) is 5.91 Å². The molecule has 1 N–H and O–H groups in total. The van der Waals surface area contributed by atoms with Crippen molar-refractivity contribution in [2.24, 2.45) is 0 Å². The Kier molecular flexibility index (Phi) is 3.30. The maximum Gasteiger partial charge on any atom is 0.323 e. The van der Waals surface area contributed by atoms with Crippen LogP contribution in [-0.2, 0) is 4.79 Å². The molecule has 0 spiro atoms. The highest BCUT2D eigenvalue weighted by atomic mass is 16.2. The van der Waals surface area contributed by atoms with E-state index in [1.54, 1.807) is 14.1 Å². The van der Waals surface area contributed by atoms with Gasteiger partial charge in [0.15, 0.2) is 0 Å². The Labute approximate surface area is 65.9 Å². The van der Waals surface area contributed by atoms with Gasteiger partial charge < -0.3 is 4.90 Å². The number of imide groups is 1. The topological polar surface area (TPSA) is 49.4 Å². The smallest absolute Gasteiger partial charge is 0.323 e. The molecule has 0 aromatic carbocycles. The molecule has 0 saturated heterocycles. The van der Waals surface area contributed by atoms with Gasteiger partial charge in [-0.25, -0.2) is 4.79 Å². The summed E-state index contributed by atoms with van der Waals surface area (Å²) >= 11 is 0. The number of rotatable bonds is 1. The number of nitrogens with one attached hydrogen (secondary N) is 1. The highest BCUT2D eigenvalue weighted by Gasteiger charge is 2.08. The van der Waals surface area contributed by atoms with Crippen LogP contribution in [0.5, 0.6) is 0 Å². The summed E-state index contributed by atoms with van der Waals surface area (Å²) in [5.74, 6) is -0.441. The molecule has 4 nitrogen and oxygen atoms in total. The zero-order valence-electron chi connectivity index (χ0n) is 6.97. The van der Waals surface area contributed by atoms with Gasteiger partial charge in [-0.2, -0.15) is 0 Å². The Morgan fingerprint density at radius 2 is 1.82 bits per heavy atom. The Bertz CT molecular complexity index is 197. The third kappa shape index (κ3) is 3.40. The van der Waals surface area contributed by atoms with Crippen LogP contribution in [-0.4, -0.2) is 30.9 Å². The molecule has 0 bridgehead atoms. The van der Waals surface area contributed by atoms with Crippen LogP contribution in [0.2, 0.25) is 0 Å². The van der Waals surface area contributed by atoms with Gasteiger partial charge in [0.1, 0.15) is 0 Å². The van der Waals surface area contributed by atoms with Crippen LogP contribution in [0, 0.1) is 0 Å². The van der Waals surface area contributed by atoms with E-state index in [1.165, 1.54) is 11.8 Å². The number of hydrogen-bond acceptors (Lipinski definition) is 2. The SMILES string of the molecule is C=C(C)C(=O)NC(=O)N(C)C. The molecule has 3 amide bonds. The lowest BCUT2D eigenvalue weighted by atomic mass is 10.3. The van der Waals surface area contributed by atoms with Crippen molar-refractivity contribution in [1.29, 1.82) is 0 Å². The van der Waals surface area contributed by atoms with E-state index in [9.17, 15) is 9.59 Å². The average molecular weight is 156 g/mol. The molecule has 11 heavy (non-hydrogen) atoms. The Morgan fingerprint density at radius 1 is 1.36 bits per heavy atom. The molecule has 0 atom stereocenters. The largest absolute Gasteiger partial charge is 0.331 e. The normalized spacial score (nSPS) is 8.64. The molecule has 0 aliphatic heterocycles. The third-order valence-corrected chi connectivity index (χ3v) is 1.01. The summed E-state index contributed by atoms with van der Waals surface area (Å²) in [4.78, 5) is 22.9. The third-order valence-electron chi connectivity index (χ3n) is 1.01. The van der Waals surface area contributed by atoms with Gasteiger partial charge in [-0.1, -0.05) is 6.58 Å². The Balaban J connectivity index is 3.96. The van der Waals surface area contributed by atoms with E-state index in [0.29, 0.717) is 5.57 Å². The van der Waals surface area contributed by atoms with Crippen molar-refractivity contribution in [2.45, 2.75) is 6.92 Å². The van der Waals surface area contributed by atoms with Crippen LogP contribution in [0.3, 0.4) is 0 Å². The predicted octanol–water partition coefficient (Wildman–Crippen LogP) is 0.360. The van der Waals surface area contributed by atoms with E-state index in [0.717, 1.165) is 0 Å². The van der Waals surface area contributed by atoms with E-state index in [1.807, 2.05) is 0 Å². The molecule has 0 aromatic heterocycles. The van der Waals surface area contributed by atoms with Crippen molar-refractivity contribution in [1.82, 2.24) is 10.2 Å². The summed E-state index contributed by atoms with van der Waals surface area (Å²) in [6, 6.07) is -0.432. The number of carbonyl (C=O) groups is 2. The summed E-state index contributed by atoms with van der Waals surface area (Å²) in [6.45, 7) is 4.92. The molecule has 0 saturated carbocycles. The highest BCUT2D eigenvalue weighted by molar-refractivity contribution is 6.02. The highest BCUT2D eigenvalue weighted by Crippen LogP contribution is 1.86. The Morgan fingerprint density at radius 3 is 2.09 bits per heavy atom. The lowest BCUT2D eigenvalue weighted by Gasteiger charge is -2.10. The van der Waals surface area contributed by atoms with E-state index in [4.69, 9.17) is 0 Å². The van der Waals surface area contributed by atoms with Crippen LogP contribution in [0.4, 0.5) is 4.79 Å². The van der Waals surface area contributed by atoms with Gasteiger partial charge in [0.05, 0.1) is 0 Å². The van der Waals surface area contributed by atoms with Gasteiger partial charge in [-0.15, -0.1) is 0 Å². The van der Waals surface area contributed by atoms with Crippen molar-refractivity contribution in [3.05, 3.63) is 12.2 Å². The van der Waals surface area contributed by atoms with Crippen LogP contribution in [0.15, 0.2) is 12.2 Å². The van der Waals surface area contributed by atoms with E-state index >= 15 is 0 Å². The van der Waals surface area contributed by atoms with Crippen molar-refractivity contribution < 1.29 is 9.59 Å². The molecule has 0 heterocycles. The molecule has 0 aliphatic rings. The summed E-state index contributed by atoms with van der Waals surface area (Å²) in [6.07, 6.45) is 0. The van der Waals surface area contributed by atoms with Crippen molar-refractivity contribution in [2.75, 3.05) is 14.1 Å². The molecule has 4 heteroatoms. The fourth-order valence-electron chi connectivity index (χ4n) is 0.316. The first-order valence-electron chi connectivity index (χ1n) is 3.13. The van der Waals surface area contributed by atoms with Crippen LogP contribution in [0.25, 0.3) is 0 Å². The molecule has 0 aromatic rings. The zero-order chi connectivity index (χ0) is 9.02. The number of urea groups is 1. The quantitative estimate of drug-likeness (QED) is 0.557. The van der Waals surface area contributed by atoms with Crippen LogP contribution in [0.1, 0.15) is 6.92 Å². The van der Waals surface area contributed by atoms with Gasteiger partial charge >= 0.3 is 6.03 Å². The lowest BCUT2D eigenvalue weighted by Crippen LogP contribution is -2.38. The maximum absolute atomic E-state index is 10.8. The molecule has 0 aliphatic carbocycles. The zero-order valence-corrected chi connectivity index (χ0v) is 6.97. The summed E-state index contributed by atoms with van der Waals surface area (Å²) in [5, 5.41) is 2.13. The number of nitrogens with zero attached hydrogens (tertiary/aromatic N) is 1. The summed E-state index contributed by atoms with van der Waals surface area (Å²) in [5.41, 5.74) is 0.320. The van der Waals surface area contributed by atoms with Gasteiger partial charge in [0, 0.05) is 19.7 Å². The van der Waals surface area contributed by atoms with Crippen molar-refractivity contribution in [3.8, 4) is 0 Å². The molecular formula is C7H12N2O2. The van der Waals surface area contributed by atoms with Crippen LogP contribution < -0.4 is 5.32 Å². The van der Waals surface area contributed by atoms with E-state index < -0.39 is 11.9 Å². The second-order valence-corrected chi connectivity index (χ2v) is 2.43. The average Bonchev–Trinajstić information content (AvgIpc) is 1.87. The maximum atomic E-state index is 10.8. The molecule has 0 radical (unpaired) electrons. The predicted molar refractivity (Wildman–Crippen MR) is 42.0 cm³/mol. The van der Waals surface area contributed by atoms with E-state index in [2.05, 4.69) is 11.9 Å². The summed E-state index contributed by atoms with van der Waals surface area (Å²) in [7, 11) is 3.11. The van der Waals surface area contributed by atoms with E-state index in [-0.39, 0.29) is 0 Å². The van der Waals surface area contributed by atoms with Crippen molar-refractivity contribution in [3.63, 3.8) is 0 Å². The van der Waals surface area contributed by atoms with Crippen molar-refractivity contribution >= 4 is 11.9 Å². The number of carbonyl (C=O) groups excluding carboxylic acids is 2. The lowest BCUT2D eigenvalue weighted by molar-refractivity contribution is -0.116. The van der Waals surface area contributed by atoms with Gasteiger partial charge in [-0.05, 0) is 6.92 Å². The molecule has 62 valence electrons. The molecule has 0 fully saturated rings. The summed E-state index contributed by atoms with van der Waals surface area (Å²) < 4.78 is 0. The van der Waals surface area contributed by atoms with Gasteiger partial charge in [-0.3, -0.25) is 10.1 Å². The first-order chi connectivity index (χ1) is 4.95. The second-order valence-electron chi connectivity index (χ2n) is 2.43. The van der Waals surface area contributed by atoms with Crippen LogP contribution >= 0.6 is 0 Å². The minimum atomic E-state index is -0.441. The molecular weight excluding hydrogens is 144 g/mol. The fraction of sp³-hybridized carbons (Fsp3) is 0.429. The Hall–Kier alpha value is -1.32. The molecule has 0 unspecified atom stereocenters. The first kappa shape index (κ1) is 9.68. The first-order valence-corrected chi connectivity index (χ1v) is 3.13. The standard InChI is InChI=1S/C7H12N2O2/c1-5(2)6(10)8-7(11)9(3)4/h1H2,2-4H3,(H,8,10,11). The minimum Gasteiger partial charge on any atom is -0.331 e. The fourth-order valence-corrected chi connectivity index (χ4v) is 0.316. The number of amides is 3.